The van der Waals surface area contributed by atoms with Crippen LogP contribution in [-0.4, -0.2) is 31.7 Å². The van der Waals surface area contributed by atoms with E-state index in [1.54, 1.807) is 12.1 Å². The number of aryl methyl sites for hydroxylation is 1. The van der Waals surface area contributed by atoms with Crippen LogP contribution in [0.3, 0.4) is 0 Å². The molecule has 0 saturated heterocycles. The first-order valence-electron chi connectivity index (χ1n) is 8.86. The highest BCUT2D eigenvalue weighted by atomic mass is 32.2. The number of nitrogens with one attached hydrogen (secondary N) is 1. The number of sulfonamides is 1. The molecule has 2 rings (SSSR count). The van der Waals surface area contributed by atoms with Crippen molar-refractivity contribution in [1.82, 2.24) is 4.31 Å². The molecule has 0 spiro atoms. The van der Waals surface area contributed by atoms with Crippen LogP contribution >= 0.6 is 0 Å². The van der Waals surface area contributed by atoms with Gasteiger partial charge in [0.15, 0.2) is 0 Å². The molecule has 2 aromatic rings. The first-order chi connectivity index (χ1) is 12.4. The molecular weight excluding hydrogens is 348 g/mol. The highest BCUT2D eigenvalue weighted by Crippen LogP contribution is 2.18. The molecule has 0 fully saturated rings. The molecule has 0 aliphatic carbocycles. The SMILES string of the molecule is CCCN(CCC)S(=O)(=O)c1ccc(C(=O)Nc2ccc(C)cc2)cc1. The lowest BCUT2D eigenvalue weighted by Crippen LogP contribution is -2.32. The summed E-state index contributed by atoms with van der Waals surface area (Å²) in [5, 5.41) is 2.81. The van der Waals surface area contributed by atoms with E-state index in [-0.39, 0.29) is 10.8 Å². The van der Waals surface area contributed by atoms with E-state index in [1.807, 2.05) is 45.0 Å². The van der Waals surface area contributed by atoms with Gasteiger partial charge in [-0.3, -0.25) is 4.79 Å². The first kappa shape index (κ1) is 20.1. The fourth-order valence-corrected chi connectivity index (χ4v) is 4.24. The lowest BCUT2D eigenvalue weighted by atomic mass is 10.2. The van der Waals surface area contributed by atoms with Crippen molar-refractivity contribution in [3.63, 3.8) is 0 Å². The van der Waals surface area contributed by atoms with Gasteiger partial charge in [-0.25, -0.2) is 8.42 Å². The largest absolute Gasteiger partial charge is 0.322 e. The monoisotopic (exact) mass is 374 g/mol. The van der Waals surface area contributed by atoms with E-state index in [0.29, 0.717) is 24.3 Å². The number of hydrogen-bond donors (Lipinski definition) is 1. The third-order valence-electron chi connectivity index (χ3n) is 4.01. The smallest absolute Gasteiger partial charge is 0.255 e. The van der Waals surface area contributed by atoms with Crippen LogP contribution < -0.4 is 5.32 Å². The average molecular weight is 375 g/mol. The van der Waals surface area contributed by atoms with Gasteiger partial charge in [-0.1, -0.05) is 31.5 Å². The van der Waals surface area contributed by atoms with Crippen molar-refractivity contribution in [3.05, 3.63) is 59.7 Å². The van der Waals surface area contributed by atoms with Gasteiger partial charge in [-0.2, -0.15) is 4.31 Å². The minimum Gasteiger partial charge on any atom is -0.322 e. The maximum absolute atomic E-state index is 12.7. The van der Waals surface area contributed by atoms with Gasteiger partial charge in [0.2, 0.25) is 10.0 Å². The zero-order chi connectivity index (χ0) is 19.2. The number of nitrogens with zero attached hydrogens (tertiary/aromatic N) is 1. The van der Waals surface area contributed by atoms with E-state index in [1.165, 1.54) is 16.4 Å². The Morgan fingerprint density at radius 1 is 0.923 bits per heavy atom. The average Bonchev–Trinajstić information content (AvgIpc) is 2.63. The lowest BCUT2D eigenvalue weighted by Gasteiger charge is -2.21. The Bertz CT molecular complexity index is 822. The summed E-state index contributed by atoms with van der Waals surface area (Å²) in [6, 6.07) is 13.6. The van der Waals surface area contributed by atoms with E-state index >= 15 is 0 Å². The summed E-state index contributed by atoms with van der Waals surface area (Å²) in [6.45, 7) is 6.87. The van der Waals surface area contributed by atoms with Crippen molar-refractivity contribution < 1.29 is 13.2 Å². The topological polar surface area (TPSA) is 66.5 Å². The van der Waals surface area contributed by atoms with Gasteiger partial charge in [0.1, 0.15) is 0 Å². The molecule has 0 aliphatic rings. The lowest BCUT2D eigenvalue weighted by molar-refractivity contribution is 0.102. The van der Waals surface area contributed by atoms with Crippen molar-refractivity contribution in [2.24, 2.45) is 0 Å². The second-order valence-corrected chi connectivity index (χ2v) is 8.19. The summed E-state index contributed by atoms with van der Waals surface area (Å²) in [5.41, 5.74) is 2.23. The molecule has 1 amide bonds. The van der Waals surface area contributed by atoms with Gasteiger partial charge < -0.3 is 5.32 Å². The summed E-state index contributed by atoms with van der Waals surface area (Å²) in [5.74, 6) is -0.267. The molecule has 0 unspecified atom stereocenters. The molecule has 2 aromatic carbocycles. The minimum absolute atomic E-state index is 0.214. The molecule has 0 aromatic heterocycles. The maximum Gasteiger partial charge on any atom is 0.255 e. The molecule has 0 radical (unpaired) electrons. The van der Waals surface area contributed by atoms with Crippen LogP contribution in [0.25, 0.3) is 0 Å². The van der Waals surface area contributed by atoms with Crippen LogP contribution in [0.2, 0.25) is 0 Å². The van der Waals surface area contributed by atoms with Gasteiger partial charge in [0, 0.05) is 24.3 Å². The Morgan fingerprint density at radius 3 is 1.96 bits per heavy atom. The van der Waals surface area contributed by atoms with Crippen LogP contribution in [0.1, 0.15) is 42.6 Å². The molecule has 0 heterocycles. The quantitative estimate of drug-likeness (QED) is 0.758. The molecule has 0 atom stereocenters. The van der Waals surface area contributed by atoms with Crippen LogP contribution in [-0.2, 0) is 10.0 Å². The number of hydrogen-bond acceptors (Lipinski definition) is 3. The summed E-state index contributed by atoms with van der Waals surface area (Å²) in [4.78, 5) is 12.5. The number of carbonyl (C=O) groups is 1. The molecule has 0 bridgehead atoms. The third kappa shape index (κ3) is 4.93. The molecule has 6 heteroatoms. The molecule has 26 heavy (non-hydrogen) atoms. The van der Waals surface area contributed by atoms with Crippen molar-refractivity contribution in [3.8, 4) is 0 Å². The van der Waals surface area contributed by atoms with Crippen LogP contribution in [0.5, 0.6) is 0 Å². The first-order valence-corrected chi connectivity index (χ1v) is 10.3. The number of rotatable bonds is 8. The van der Waals surface area contributed by atoms with Crippen molar-refractivity contribution in [2.45, 2.75) is 38.5 Å². The Morgan fingerprint density at radius 2 is 1.46 bits per heavy atom. The van der Waals surface area contributed by atoms with Gasteiger partial charge in [-0.05, 0) is 56.2 Å². The third-order valence-corrected chi connectivity index (χ3v) is 5.92. The van der Waals surface area contributed by atoms with Gasteiger partial charge >= 0.3 is 0 Å². The molecule has 1 N–H and O–H groups in total. The highest BCUT2D eigenvalue weighted by molar-refractivity contribution is 7.89. The number of anilines is 1. The standard InChI is InChI=1S/C20H26N2O3S/c1-4-14-22(15-5-2)26(24,25)19-12-8-17(9-13-19)20(23)21-18-10-6-16(3)7-11-18/h6-13H,4-5,14-15H2,1-3H3,(H,21,23). The highest BCUT2D eigenvalue weighted by Gasteiger charge is 2.23. The Hall–Kier alpha value is -2.18. The molecular formula is C20H26N2O3S. The normalized spacial score (nSPS) is 11.5. The van der Waals surface area contributed by atoms with E-state index in [2.05, 4.69) is 5.32 Å². The molecule has 0 saturated carbocycles. The zero-order valence-corrected chi connectivity index (χ0v) is 16.3. The zero-order valence-electron chi connectivity index (χ0n) is 15.5. The Labute approximate surface area is 156 Å². The Balaban J connectivity index is 2.16. The summed E-state index contributed by atoms with van der Waals surface area (Å²) in [6.07, 6.45) is 1.52. The van der Waals surface area contributed by atoms with Gasteiger partial charge in [0.25, 0.3) is 5.91 Å². The molecule has 0 aliphatic heterocycles. The Kier molecular flexibility index (Phi) is 6.94. The van der Waals surface area contributed by atoms with Crippen LogP contribution in [0, 0.1) is 6.92 Å². The fourth-order valence-electron chi connectivity index (χ4n) is 2.62. The number of carbonyl (C=O) groups excluding carboxylic acids is 1. The van der Waals surface area contributed by atoms with Gasteiger partial charge in [-0.15, -0.1) is 0 Å². The van der Waals surface area contributed by atoms with Crippen LogP contribution in [0.15, 0.2) is 53.4 Å². The number of benzene rings is 2. The van der Waals surface area contributed by atoms with E-state index in [4.69, 9.17) is 0 Å². The van der Waals surface area contributed by atoms with Gasteiger partial charge in [0.05, 0.1) is 4.90 Å². The second-order valence-electron chi connectivity index (χ2n) is 6.25. The molecule has 140 valence electrons. The fraction of sp³-hybridized carbons (Fsp3) is 0.350. The van der Waals surface area contributed by atoms with E-state index in [9.17, 15) is 13.2 Å². The summed E-state index contributed by atoms with van der Waals surface area (Å²) in [7, 11) is -3.53. The second kappa shape index (κ2) is 8.96. The van der Waals surface area contributed by atoms with Crippen LogP contribution in [0.4, 0.5) is 5.69 Å². The predicted octanol–water partition coefficient (Wildman–Crippen LogP) is 4.06. The predicted molar refractivity (Wildman–Crippen MR) is 105 cm³/mol. The summed E-state index contributed by atoms with van der Waals surface area (Å²) >= 11 is 0. The van der Waals surface area contributed by atoms with Crippen molar-refractivity contribution >= 4 is 21.6 Å². The molecule has 5 nitrogen and oxygen atoms in total. The van der Waals surface area contributed by atoms with Crippen molar-refractivity contribution in [2.75, 3.05) is 18.4 Å². The summed E-state index contributed by atoms with van der Waals surface area (Å²) < 4.78 is 27.0. The number of amides is 1. The van der Waals surface area contributed by atoms with Crippen molar-refractivity contribution in [1.29, 1.82) is 0 Å². The minimum atomic E-state index is -3.53. The maximum atomic E-state index is 12.7. The van der Waals surface area contributed by atoms with E-state index in [0.717, 1.165) is 18.4 Å². The van der Waals surface area contributed by atoms with E-state index < -0.39 is 10.0 Å².